The van der Waals surface area contributed by atoms with Crippen LogP contribution in [0.2, 0.25) is 0 Å². The van der Waals surface area contributed by atoms with Crippen LogP contribution >= 0.6 is 15.6 Å². The zero-order chi connectivity index (χ0) is 80.0. The van der Waals surface area contributed by atoms with Crippen molar-refractivity contribution in [2.75, 3.05) is 39.6 Å². The van der Waals surface area contributed by atoms with E-state index in [1.807, 2.05) is 0 Å². The molecule has 0 aliphatic rings. The molecule has 17 nitrogen and oxygen atoms in total. The highest BCUT2D eigenvalue weighted by Crippen LogP contribution is 2.45. The molecule has 3 N–H and O–H groups in total. The summed E-state index contributed by atoms with van der Waals surface area (Å²) in [4.78, 5) is 73.4. The maximum atomic E-state index is 13.2. The van der Waals surface area contributed by atoms with E-state index in [1.54, 1.807) is 0 Å². The normalized spacial score (nSPS) is 14.3. The van der Waals surface area contributed by atoms with E-state index in [2.05, 4.69) is 48.5 Å². The van der Waals surface area contributed by atoms with Crippen LogP contribution in [0.25, 0.3) is 0 Å². The minimum absolute atomic E-state index is 0.107. The molecule has 0 aromatic rings. The zero-order valence-electron chi connectivity index (χ0n) is 72.0. The van der Waals surface area contributed by atoms with Gasteiger partial charge in [0.2, 0.25) is 0 Å². The van der Waals surface area contributed by atoms with Gasteiger partial charge in [-0.25, -0.2) is 9.13 Å². The molecule has 0 aliphatic carbocycles. The standard InChI is InChI=1S/C90H176O17P2/c1-8-11-12-13-14-15-16-17-18-19-20-21-22-27-33-38-43-52-59-66-73-89(94)106-85(77-100-87(92)71-64-57-50-42-37-32-26-24-23-25-30-35-40-47-54-61-68-81(4)5)79-104-108(96,97)102-75-84(91)76-103-109(98,99)105-80-86(78-101-88(93)72-65-58-51-46-45-49-56-63-70-83(7)10-3)107-90(95)74-67-60-53-44-39-34-29-28-31-36-41-48-55-62-69-82(6)9-2/h81-86,91H,8-80H2,1-7H3,(H,96,97)(H,98,99)/t82?,83?,84-,85-,86-/m1/s1. The zero-order valence-corrected chi connectivity index (χ0v) is 73.8. The molecule has 648 valence electrons. The van der Waals surface area contributed by atoms with Crippen molar-refractivity contribution in [2.45, 2.75) is 497 Å². The van der Waals surface area contributed by atoms with Gasteiger partial charge < -0.3 is 33.8 Å². The van der Waals surface area contributed by atoms with Gasteiger partial charge in [0.05, 0.1) is 26.4 Å². The lowest BCUT2D eigenvalue weighted by molar-refractivity contribution is -0.161. The summed E-state index contributed by atoms with van der Waals surface area (Å²) in [6.45, 7) is 12.1. The highest BCUT2D eigenvalue weighted by Gasteiger charge is 2.31. The number of hydrogen-bond donors (Lipinski definition) is 3. The van der Waals surface area contributed by atoms with E-state index in [4.69, 9.17) is 37.0 Å². The number of rotatable bonds is 88. The topological polar surface area (TPSA) is 237 Å². The smallest absolute Gasteiger partial charge is 0.462 e. The minimum Gasteiger partial charge on any atom is -0.462 e. The number of phosphoric acid groups is 2. The number of esters is 4. The van der Waals surface area contributed by atoms with E-state index in [0.29, 0.717) is 25.7 Å². The quantitative estimate of drug-likeness (QED) is 0.0222. The highest BCUT2D eigenvalue weighted by molar-refractivity contribution is 7.47. The van der Waals surface area contributed by atoms with Crippen molar-refractivity contribution >= 4 is 39.5 Å². The summed E-state index contributed by atoms with van der Waals surface area (Å²) in [5.74, 6) is 0.336. The van der Waals surface area contributed by atoms with E-state index >= 15 is 0 Å². The predicted molar refractivity (Wildman–Crippen MR) is 451 cm³/mol. The maximum absolute atomic E-state index is 13.2. The van der Waals surface area contributed by atoms with Gasteiger partial charge in [-0.15, -0.1) is 0 Å². The van der Waals surface area contributed by atoms with Gasteiger partial charge in [-0.3, -0.25) is 37.3 Å². The number of carbonyl (C=O) groups excluding carboxylic acids is 4. The summed E-state index contributed by atoms with van der Waals surface area (Å²) in [6, 6.07) is 0. The number of carbonyl (C=O) groups is 4. The molecule has 0 radical (unpaired) electrons. The molecule has 0 rings (SSSR count). The largest absolute Gasteiger partial charge is 0.472 e. The Morgan fingerprint density at radius 2 is 0.468 bits per heavy atom. The second-order valence-electron chi connectivity index (χ2n) is 33.3. The fraction of sp³-hybridized carbons (Fsp3) is 0.956. The summed E-state index contributed by atoms with van der Waals surface area (Å²) < 4.78 is 69.1. The Morgan fingerprint density at radius 1 is 0.266 bits per heavy atom. The van der Waals surface area contributed by atoms with E-state index in [1.165, 1.54) is 289 Å². The van der Waals surface area contributed by atoms with Gasteiger partial charge in [-0.2, -0.15) is 0 Å². The van der Waals surface area contributed by atoms with Crippen molar-refractivity contribution in [1.82, 2.24) is 0 Å². The second kappa shape index (κ2) is 79.9. The van der Waals surface area contributed by atoms with Crippen molar-refractivity contribution in [2.24, 2.45) is 17.8 Å². The van der Waals surface area contributed by atoms with Crippen molar-refractivity contribution in [3.63, 3.8) is 0 Å². The van der Waals surface area contributed by atoms with E-state index in [0.717, 1.165) is 108 Å². The van der Waals surface area contributed by atoms with Crippen molar-refractivity contribution in [3.8, 4) is 0 Å². The summed E-state index contributed by atoms with van der Waals surface area (Å²) in [7, 11) is -9.94. The first-order valence-electron chi connectivity index (χ1n) is 46.4. The van der Waals surface area contributed by atoms with Gasteiger partial charge in [0.1, 0.15) is 19.3 Å². The molecule has 109 heavy (non-hydrogen) atoms. The van der Waals surface area contributed by atoms with Gasteiger partial charge >= 0.3 is 39.5 Å². The molecule has 0 amide bonds. The molecule has 0 spiro atoms. The molecule has 7 atom stereocenters. The maximum Gasteiger partial charge on any atom is 0.472 e. The number of unbranched alkanes of at least 4 members (excludes halogenated alkanes) is 54. The number of phosphoric ester groups is 2. The second-order valence-corrected chi connectivity index (χ2v) is 36.2. The Bertz CT molecular complexity index is 2100. The third-order valence-electron chi connectivity index (χ3n) is 21.9. The summed E-state index contributed by atoms with van der Waals surface area (Å²) in [6.07, 6.45) is 72.1. The first-order valence-corrected chi connectivity index (χ1v) is 49.4. The lowest BCUT2D eigenvalue weighted by atomic mass is 9.99. The molecule has 0 bridgehead atoms. The minimum atomic E-state index is -4.97. The van der Waals surface area contributed by atoms with Crippen LogP contribution in [-0.2, 0) is 65.4 Å². The highest BCUT2D eigenvalue weighted by atomic mass is 31.2. The van der Waals surface area contributed by atoms with Crippen LogP contribution in [-0.4, -0.2) is 96.7 Å². The third-order valence-corrected chi connectivity index (χ3v) is 23.8. The lowest BCUT2D eigenvalue weighted by Gasteiger charge is -2.21. The van der Waals surface area contributed by atoms with Crippen molar-refractivity contribution in [1.29, 1.82) is 0 Å². The number of aliphatic hydroxyl groups excluding tert-OH is 1. The average Bonchev–Trinajstić information content (AvgIpc) is 0.908. The number of aliphatic hydroxyl groups is 1. The van der Waals surface area contributed by atoms with E-state index in [-0.39, 0.29) is 25.7 Å². The van der Waals surface area contributed by atoms with Gasteiger partial charge in [-0.05, 0) is 43.4 Å². The van der Waals surface area contributed by atoms with Crippen LogP contribution in [0.3, 0.4) is 0 Å². The Labute approximate surface area is 670 Å². The predicted octanol–water partition coefficient (Wildman–Crippen LogP) is 27.6. The Hall–Kier alpha value is -1.94. The van der Waals surface area contributed by atoms with Gasteiger partial charge in [0.25, 0.3) is 0 Å². The molecule has 0 heterocycles. The molecule has 0 aliphatic heterocycles. The monoisotopic (exact) mass is 1590 g/mol. The fourth-order valence-corrected chi connectivity index (χ4v) is 15.6. The van der Waals surface area contributed by atoms with E-state index < -0.39 is 97.5 Å². The Balaban J connectivity index is 5.26. The van der Waals surface area contributed by atoms with Crippen LogP contribution in [0, 0.1) is 17.8 Å². The molecule has 0 fully saturated rings. The first-order chi connectivity index (χ1) is 52.8. The summed E-state index contributed by atoms with van der Waals surface area (Å²) >= 11 is 0. The van der Waals surface area contributed by atoms with Gasteiger partial charge in [0.15, 0.2) is 12.2 Å². The summed E-state index contributed by atoms with van der Waals surface area (Å²) in [5.41, 5.74) is 0. The van der Waals surface area contributed by atoms with Gasteiger partial charge in [-0.1, -0.05) is 427 Å². The third kappa shape index (κ3) is 81.0. The SMILES string of the molecule is CCCCCCCCCCCCCCCCCCCCCCC(=O)O[C@H](COC(=O)CCCCCCCCCCCCCCCCCCC(C)C)COP(=O)(O)OC[C@@H](O)COP(=O)(O)OC[C@@H](COC(=O)CCCCCCCCCCC(C)CC)OC(=O)CCCCCCCCCCCCCCCCC(C)CC. The molecular weight excluding hydrogens is 1410 g/mol. The average molecular weight is 1590 g/mol. The molecule has 0 aromatic carbocycles. The lowest BCUT2D eigenvalue weighted by Crippen LogP contribution is -2.30. The van der Waals surface area contributed by atoms with Crippen LogP contribution < -0.4 is 0 Å². The number of ether oxygens (including phenoxy) is 4. The molecular formula is C90H176O17P2. The fourth-order valence-electron chi connectivity index (χ4n) is 14.0. The van der Waals surface area contributed by atoms with Crippen LogP contribution in [0.15, 0.2) is 0 Å². The van der Waals surface area contributed by atoms with Crippen molar-refractivity contribution in [3.05, 3.63) is 0 Å². The molecule has 0 aromatic heterocycles. The van der Waals surface area contributed by atoms with Crippen LogP contribution in [0.4, 0.5) is 0 Å². The Morgan fingerprint density at radius 3 is 0.697 bits per heavy atom. The van der Waals surface area contributed by atoms with Crippen molar-refractivity contribution < 1.29 is 80.2 Å². The molecule has 0 saturated heterocycles. The first kappa shape index (κ1) is 107. The molecule has 19 heteroatoms. The molecule has 4 unspecified atom stereocenters. The van der Waals surface area contributed by atoms with Gasteiger partial charge in [0, 0.05) is 25.7 Å². The Kier molecular flexibility index (Phi) is 78.5. The molecule has 0 saturated carbocycles. The van der Waals surface area contributed by atoms with Crippen LogP contribution in [0.1, 0.15) is 479 Å². The van der Waals surface area contributed by atoms with Crippen LogP contribution in [0.5, 0.6) is 0 Å². The van der Waals surface area contributed by atoms with E-state index in [9.17, 15) is 43.2 Å². The summed E-state index contributed by atoms with van der Waals surface area (Å²) in [5, 5.41) is 10.7. The number of hydrogen-bond acceptors (Lipinski definition) is 15.